The van der Waals surface area contributed by atoms with E-state index in [1.54, 1.807) is 6.07 Å². The number of fused-ring (bicyclic) bond motifs is 1. The highest BCUT2D eigenvalue weighted by molar-refractivity contribution is 5.87. The van der Waals surface area contributed by atoms with Crippen LogP contribution in [0.1, 0.15) is 47.8 Å². The first-order valence-corrected chi connectivity index (χ1v) is 5.31. The summed E-state index contributed by atoms with van der Waals surface area (Å²) in [7, 11) is 0. The van der Waals surface area contributed by atoms with Crippen LogP contribution >= 0.6 is 0 Å². The molecule has 1 atom stereocenters. The molecule has 1 aliphatic carbocycles. The molecule has 0 unspecified atom stereocenters. The first kappa shape index (κ1) is 10.1. The van der Waals surface area contributed by atoms with Crippen LogP contribution in [-0.2, 0) is 6.42 Å². The van der Waals surface area contributed by atoms with E-state index in [0.717, 1.165) is 24.1 Å². The Labute approximate surface area is 89.2 Å². The van der Waals surface area contributed by atoms with Gasteiger partial charge in [0.05, 0.1) is 5.56 Å². The summed E-state index contributed by atoms with van der Waals surface area (Å²) in [4.78, 5) is 15.1. The van der Waals surface area contributed by atoms with Gasteiger partial charge in [0.25, 0.3) is 0 Å². The SMILES string of the molecule is CC(C)[C@@H]1CCc2cc(C(=O)O)cnc21. The average molecular weight is 205 g/mol. The van der Waals surface area contributed by atoms with E-state index in [9.17, 15) is 4.79 Å². The summed E-state index contributed by atoms with van der Waals surface area (Å²) in [5.74, 6) is 0.190. The van der Waals surface area contributed by atoms with Gasteiger partial charge in [0, 0.05) is 17.8 Å². The van der Waals surface area contributed by atoms with Gasteiger partial charge in [0.15, 0.2) is 0 Å². The van der Waals surface area contributed by atoms with Crippen molar-refractivity contribution in [3.05, 3.63) is 29.1 Å². The molecule has 0 saturated heterocycles. The lowest BCUT2D eigenvalue weighted by Crippen LogP contribution is -2.06. The highest BCUT2D eigenvalue weighted by Crippen LogP contribution is 2.36. The number of aryl methyl sites for hydroxylation is 1. The topological polar surface area (TPSA) is 50.2 Å². The number of nitrogens with zero attached hydrogens (tertiary/aromatic N) is 1. The zero-order chi connectivity index (χ0) is 11.0. The van der Waals surface area contributed by atoms with Crippen molar-refractivity contribution in [1.29, 1.82) is 0 Å². The zero-order valence-electron chi connectivity index (χ0n) is 9.03. The molecule has 2 rings (SSSR count). The lowest BCUT2D eigenvalue weighted by molar-refractivity contribution is 0.0696. The molecular formula is C12H15NO2. The Morgan fingerprint density at radius 1 is 1.60 bits per heavy atom. The van der Waals surface area contributed by atoms with Crippen molar-refractivity contribution in [3.63, 3.8) is 0 Å². The standard InChI is InChI=1S/C12H15NO2/c1-7(2)10-4-3-8-5-9(12(14)15)6-13-11(8)10/h5-7,10H,3-4H2,1-2H3,(H,14,15)/t10-/m0/s1. The number of carboxylic acid groups (broad SMARTS) is 1. The molecule has 1 aromatic rings. The lowest BCUT2D eigenvalue weighted by atomic mass is 9.93. The molecule has 0 aliphatic heterocycles. The van der Waals surface area contributed by atoms with Crippen LogP contribution in [0.5, 0.6) is 0 Å². The second-order valence-electron chi connectivity index (χ2n) is 4.46. The fourth-order valence-electron chi connectivity index (χ4n) is 2.27. The number of pyridine rings is 1. The van der Waals surface area contributed by atoms with Crippen molar-refractivity contribution >= 4 is 5.97 Å². The Bertz CT molecular complexity index is 399. The Morgan fingerprint density at radius 3 is 2.93 bits per heavy atom. The Hall–Kier alpha value is -1.38. The summed E-state index contributed by atoms with van der Waals surface area (Å²) < 4.78 is 0. The number of hydrogen-bond donors (Lipinski definition) is 1. The van der Waals surface area contributed by atoms with Gasteiger partial charge in [-0.2, -0.15) is 0 Å². The average Bonchev–Trinajstić information content (AvgIpc) is 2.59. The molecule has 15 heavy (non-hydrogen) atoms. The zero-order valence-corrected chi connectivity index (χ0v) is 9.03. The molecule has 1 heterocycles. The largest absolute Gasteiger partial charge is 0.478 e. The molecule has 3 heteroatoms. The van der Waals surface area contributed by atoms with E-state index < -0.39 is 5.97 Å². The summed E-state index contributed by atoms with van der Waals surface area (Å²) in [6.07, 6.45) is 3.54. The molecule has 1 aliphatic rings. The first-order chi connectivity index (χ1) is 7.09. The van der Waals surface area contributed by atoms with E-state index in [4.69, 9.17) is 5.11 Å². The minimum absolute atomic E-state index is 0.304. The highest BCUT2D eigenvalue weighted by atomic mass is 16.4. The van der Waals surface area contributed by atoms with E-state index in [0.29, 0.717) is 17.4 Å². The molecule has 0 radical (unpaired) electrons. The van der Waals surface area contributed by atoms with Crippen LogP contribution in [0.4, 0.5) is 0 Å². The number of aromatic carboxylic acids is 1. The summed E-state index contributed by atoms with van der Waals surface area (Å²) in [5, 5.41) is 8.85. The minimum atomic E-state index is -0.890. The molecule has 0 amide bonds. The molecule has 0 fully saturated rings. The maximum atomic E-state index is 10.8. The predicted molar refractivity (Wildman–Crippen MR) is 57.1 cm³/mol. The van der Waals surface area contributed by atoms with Crippen LogP contribution in [0.2, 0.25) is 0 Å². The Morgan fingerprint density at radius 2 is 2.33 bits per heavy atom. The Balaban J connectivity index is 2.37. The third kappa shape index (κ3) is 1.74. The van der Waals surface area contributed by atoms with Crippen molar-refractivity contribution in [1.82, 2.24) is 4.98 Å². The molecule has 0 aromatic carbocycles. The summed E-state index contributed by atoms with van der Waals surface area (Å²) in [6.45, 7) is 4.37. The van der Waals surface area contributed by atoms with Crippen molar-refractivity contribution in [3.8, 4) is 0 Å². The van der Waals surface area contributed by atoms with E-state index in [2.05, 4.69) is 18.8 Å². The third-order valence-corrected chi connectivity index (χ3v) is 3.13. The lowest BCUT2D eigenvalue weighted by Gasteiger charge is -2.14. The van der Waals surface area contributed by atoms with Gasteiger partial charge in [-0.1, -0.05) is 13.8 Å². The summed E-state index contributed by atoms with van der Waals surface area (Å²) >= 11 is 0. The normalized spacial score (nSPS) is 19.3. The quantitative estimate of drug-likeness (QED) is 0.806. The summed E-state index contributed by atoms with van der Waals surface area (Å²) in [6, 6.07) is 1.77. The van der Waals surface area contributed by atoms with Crippen molar-refractivity contribution < 1.29 is 9.90 Å². The van der Waals surface area contributed by atoms with Crippen LogP contribution in [-0.4, -0.2) is 16.1 Å². The predicted octanol–water partition coefficient (Wildman–Crippen LogP) is 2.47. The number of aromatic nitrogens is 1. The number of hydrogen-bond acceptors (Lipinski definition) is 2. The molecule has 0 saturated carbocycles. The minimum Gasteiger partial charge on any atom is -0.478 e. The highest BCUT2D eigenvalue weighted by Gasteiger charge is 2.27. The van der Waals surface area contributed by atoms with Gasteiger partial charge in [-0.15, -0.1) is 0 Å². The van der Waals surface area contributed by atoms with E-state index in [-0.39, 0.29) is 0 Å². The molecule has 0 bridgehead atoms. The summed E-state index contributed by atoms with van der Waals surface area (Å²) in [5.41, 5.74) is 2.53. The number of carbonyl (C=O) groups is 1. The van der Waals surface area contributed by atoms with Gasteiger partial charge >= 0.3 is 5.97 Å². The van der Waals surface area contributed by atoms with Crippen LogP contribution in [0, 0.1) is 5.92 Å². The van der Waals surface area contributed by atoms with E-state index in [1.807, 2.05) is 0 Å². The maximum absolute atomic E-state index is 10.8. The molecular weight excluding hydrogens is 190 g/mol. The van der Waals surface area contributed by atoms with Crippen molar-refractivity contribution in [2.45, 2.75) is 32.6 Å². The molecule has 0 spiro atoms. The molecule has 3 nitrogen and oxygen atoms in total. The monoisotopic (exact) mass is 205 g/mol. The molecule has 1 N–H and O–H groups in total. The van der Waals surface area contributed by atoms with Gasteiger partial charge in [-0.05, 0) is 30.4 Å². The fourth-order valence-corrected chi connectivity index (χ4v) is 2.27. The second kappa shape index (κ2) is 3.65. The van der Waals surface area contributed by atoms with Gasteiger partial charge < -0.3 is 5.11 Å². The van der Waals surface area contributed by atoms with Gasteiger partial charge in [-0.25, -0.2) is 4.79 Å². The van der Waals surface area contributed by atoms with Gasteiger partial charge in [0.1, 0.15) is 0 Å². The van der Waals surface area contributed by atoms with Crippen LogP contribution in [0.3, 0.4) is 0 Å². The van der Waals surface area contributed by atoms with Crippen molar-refractivity contribution in [2.75, 3.05) is 0 Å². The third-order valence-electron chi connectivity index (χ3n) is 3.13. The van der Waals surface area contributed by atoms with E-state index >= 15 is 0 Å². The van der Waals surface area contributed by atoms with Gasteiger partial charge in [-0.3, -0.25) is 4.98 Å². The molecule has 80 valence electrons. The number of rotatable bonds is 2. The van der Waals surface area contributed by atoms with Crippen molar-refractivity contribution in [2.24, 2.45) is 5.92 Å². The number of carboxylic acids is 1. The smallest absolute Gasteiger partial charge is 0.337 e. The van der Waals surface area contributed by atoms with Crippen LogP contribution in [0.25, 0.3) is 0 Å². The van der Waals surface area contributed by atoms with Crippen LogP contribution in [0.15, 0.2) is 12.3 Å². The maximum Gasteiger partial charge on any atom is 0.337 e. The fraction of sp³-hybridized carbons (Fsp3) is 0.500. The first-order valence-electron chi connectivity index (χ1n) is 5.31. The van der Waals surface area contributed by atoms with Crippen LogP contribution < -0.4 is 0 Å². The van der Waals surface area contributed by atoms with Gasteiger partial charge in [0.2, 0.25) is 0 Å². The Kier molecular flexibility index (Phi) is 2.47. The van der Waals surface area contributed by atoms with E-state index in [1.165, 1.54) is 6.20 Å². The second-order valence-corrected chi connectivity index (χ2v) is 4.46. The molecule has 1 aromatic heterocycles.